The van der Waals surface area contributed by atoms with Crippen molar-refractivity contribution in [2.75, 3.05) is 5.73 Å². The summed E-state index contributed by atoms with van der Waals surface area (Å²) in [6.45, 7) is 4.03. The number of benzene rings is 2. The molecule has 0 saturated heterocycles. The van der Waals surface area contributed by atoms with Crippen molar-refractivity contribution in [1.82, 2.24) is 5.32 Å². The molecule has 20 heavy (non-hydrogen) atoms. The fourth-order valence-corrected chi connectivity index (χ4v) is 2.15. The lowest BCUT2D eigenvalue weighted by Crippen LogP contribution is -2.27. The molecule has 0 aromatic heterocycles. The minimum Gasteiger partial charge on any atom is -0.398 e. The number of nitrogens with two attached hydrogens (primary N) is 1. The number of carbonyl (C=O) groups excluding carboxylic acids is 1. The lowest BCUT2D eigenvalue weighted by atomic mass is 10.1. The number of aryl methyl sites for hydroxylation is 1. The van der Waals surface area contributed by atoms with Gasteiger partial charge in [0.25, 0.3) is 5.91 Å². The zero-order valence-corrected chi connectivity index (χ0v) is 11.9. The number of rotatable bonds is 4. The number of carbonyl (C=O) groups is 1. The van der Waals surface area contributed by atoms with Crippen LogP contribution in [0.1, 0.15) is 41.4 Å². The molecule has 0 radical (unpaired) electrons. The van der Waals surface area contributed by atoms with E-state index in [-0.39, 0.29) is 11.9 Å². The van der Waals surface area contributed by atoms with Crippen LogP contribution in [0, 0.1) is 0 Å². The minimum absolute atomic E-state index is 0.0802. The summed E-state index contributed by atoms with van der Waals surface area (Å²) in [4.78, 5) is 12.2. The molecule has 0 aliphatic heterocycles. The summed E-state index contributed by atoms with van der Waals surface area (Å²) >= 11 is 0. The predicted octanol–water partition coefficient (Wildman–Crippen LogP) is 3.32. The van der Waals surface area contributed by atoms with E-state index < -0.39 is 0 Å². The van der Waals surface area contributed by atoms with E-state index in [1.165, 1.54) is 5.56 Å². The third-order valence-electron chi connectivity index (χ3n) is 3.43. The zero-order chi connectivity index (χ0) is 14.5. The van der Waals surface area contributed by atoms with Crippen LogP contribution in [-0.2, 0) is 6.42 Å². The molecular formula is C17H20N2O. The smallest absolute Gasteiger partial charge is 0.251 e. The highest BCUT2D eigenvalue weighted by Gasteiger charge is 2.13. The highest BCUT2D eigenvalue weighted by Crippen LogP contribution is 2.19. The highest BCUT2D eigenvalue weighted by atomic mass is 16.1. The molecule has 0 aliphatic rings. The number of amides is 1. The molecule has 3 nitrogen and oxygen atoms in total. The molecule has 2 rings (SSSR count). The van der Waals surface area contributed by atoms with Crippen LogP contribution in [0.3, 0.4) is 0 Å². The van der Waals surface area contributed by atoms with Gasteiger partial charge in [0.15, 0.2) is 0 Å². The summed E-state index contributed by atoms with van der Waals surface area (Å²) in [6, 6.07) is 15.1. The van der Waals surface area contributed by atoms with Gasteiger partial charge in [0.05, 0.1) is 6.04 Å². The number of hydrogen-bond acceptors (Lipinski definition) is 2. The van der Waals surface area contributed by atoms with E-state index >= 15 is 0 Å². The molecule has 3 N–H and O–H groups in total. The normalized spacial score (nSPS) is 11.9. The zero-order valence-electron chi connectivity index (χ0n) is 11.9. The van der Waals surface area contributed by atoms with E-state index in [1.807, 2.05) is 55.5 Å². The average Bonchev–Trinajstić information content (AvgIpc) is 2.47. The Kier molecular flexibility index (Phi) is 4.41. The summed E-state index contributed by atoms with van der Waals surface area (Å²) < 4.78 is 0. The second-order valence-corrected chi connectivity index (χ2v) is 4.87. The van der Waals surface area contributed by atoms with Crippen LogP contribution in [0.15, 0.2) is 48.5 Å². The molecule has 0 bridgehead atoms. The Balaban J connectivity index is 2.09. The van der Waals surface area contributed by atoms with Crippen molar-refractivity contribution in [1.29, 1.82) is 0 Å². The van der Waals surface area contributed by atoms with Crippen molar-refractivity contribution < 1.29 is 4.79 Å². The largest absolute Gasteiger partial charge is 0.398 e. The van der Waals surface area contributed by atoms with Crippen LogP contribution in [0.4, 0.5) is 5.69 Å². The van der Waals surface area contributed by atoms with Gasteiger partial charge in [-0.05, 0) is 42.7 Å². The summed E-state index contributed by atoms with van der Waals surface area (Å²) in [5.74, 6) is -0.0802. The van der Waals surface area contributed by atoms with Gasteiger partial charge < -0.3 is 11.1 Å². The van der Waals surface area contributed by atoms with Gasteiger partial charge in [-0.25, -0.2) is 0 Å². The van der Waals surface area contributed by atoms with E-state index in [0.29, 0.717) is 11.3 Å². The Labute approximate surface area is 119 Å². The number of hydrogen-bond donors (Lipinski definition) is 2. The predicted molar refractivity (Wildman–Crippen MR) is 82.6 cm³/mol. The van der Waals surface area contributed by atoms with Crippen molar-refractivity contribution in [3.63, 3.8) is 0 Å². The van der Waals surface area contributed by atoms with Gasteiger partial charge in [0.1, 0.15) is 0 Å². The minimum atomic E-state index is -0.116. The molecule has 0 aliphatic carbocycles. The first kappa shape index (κ1) is 14.1. The Hall–Kier alpha value is -2.29. The van der Waals surface area contributed by atoms with Crippen molar-refractivity contribution in [3.8, 4) is 0 Å². The molecule has 2 aromatic rings. The molecule has 1 amide bonds. The fraction of sp³-hybridized carbons (Fsp3) is 0.235. The molecule has 2 aromatic carbocycles. The van der Waals surface area contributed by atoms with E-state index in [1.54, 1.807) is 0 Å². The van der Waals surface area contributed by atoms with Gasteiger partial charge >= 0.3 is 0 Å². The molecule has 0 fully saturated rings. The van der Waals surface area contributed by atoms with Gasteiger partial charge in [0.2, 0.25) is 0 Å². The first-order valence-electron chi connectivity index (χ1n) is 6.86. The number of nitrogen functional groups attached to an aromatic ring is 1. The average molecular weight is 268 g/mol. The van der Waals surface area contributed by atoms with E-state index in [0.717, 1.165) is 12.0 Å². The van der Waals surface area contributed by atoms with Crippen molar-refractivity contribution in [3.05, 3.63) is 65.2 Å². The van der Waals surface area contributed by atoms with Gasteiger partial charge in [0, 0.05) is 11.3 Å². The van der Waals surface area contributed by atoms with Gasteiger partial charge in [-0.3, -0.25) is 4.79 Å². The number of para-hydroxylation sites is 1. The molecule has 0 saturated carbocycles. The molecule has 104 valence electrons. The first-order valence-corrected chi connectivity index (χ1v) is 6.86. The third-order valence-corrected chi connectivity index (χ3v) is 3.43. The number of anilines is 1. The van der Waals surface area contributed by atoms with E-state index in [4.69, 9.17) is 5.73 Å². The number of nitrogens with one attached hydrogen (secondary N) is 1. The Morgan fingerprint density at radius 3 is 2.40 bits per heavy atom. The van der Waals surface area contributed by atoms with Crippen LogP contribution in [-0.4, -0.2) is 5.91 Å². The van der Waals surface area contributed by atoms with Gasteiger partial charge in [-0.1, -0.05) is 37.3 Å². The Morgan fingerprint density at radius 2 is 1.80 bits per heavy atom. The van der Waals surface area contributed by atoms with Crippen LogP contribution in [0.25, 0.3) is 0 Å². The van der Waals surface area contributed by atoms with Gasteiger partial charge in [-0.2, -0.15) is 0 Å². The second-order valence-electron chi connectivity index (χ2n) is 4.87. The Bertz CT molecular complexity index is 590. The molecule has 0 heterocycles. The lowest BCUT2D eigenvalue weighted by Gasteiger charge is -2.16. The summed E-state index contributed by atoms with van der Waals surface area (Å²) in [7, 11) is 0. The third kappa shape index (κ3) is 3.18. The van der Waals surface area contributed by atoms with Crippen molar-refractivity contribution in [2.24, 2.45) is 0 Å². The molecule has 3 heteroatoms. The summed E-state index contributed by atoms with van der Waals surface area (Å²) in [5.41, 5.74) is 9.45. The first-order chi connectivity index (χ1) is 9.61. The van der Waals surface area contributed by atoms with E-state index in [9.17, 15) is 4.79 Å². The topological polar surface area (TPSA) is 55.1 Å². The second kappa shape index (κ2) is 6.24. The SMILES string of the molecule is CCc1ccc(C(=O)NC(C)c2ccccc2N)cc1. The molecule has 0 spiro atoms. The Morgan fingerprint density at radius 1 is 1.15 bits per heavy atom. The molecule has 1 atom stereocenters. The molecule has 1 unspecified atom stereocenters. The maximum Gasteiger partial charge on any atom is 0.251 e. The van der Waals surface area contributed by atoms with Crippen molar-refractivity contribution in [2.45, 2.75) is 26.3 Å². The maximum atomic E-state index is 12.2. The van der Waals surface area contributed by atoms with Crippen LogP contribution < -0.4 is 11.1 Å². The standard InChI is InChI=1S/C17H20N2O/c1-3-13-8-10-14(11-9-13)17(20)19-12(2)15-6-4-5-7-16(15)18/h4-12H,3,18H2,1-2H3,(H,19,20). The maximum absolute atomic E-state index is 12.2. The van der Waals surface area contributed by atoms with Crippen LogP contribution in [0.2, 0.25) is 0 Å². The van der Waals surface area contributed by atoms with Gasteiger partial charge in [-0.15, -0.1) is 0 Å². The fourth-order valence-electron chi connectivity index (χ4n) is 2.15. The van der Waals surface area contributed by atoms with Crippen LogP contribution >= 0.6 is 0 Å². The van der Waals surface area contributed by atoms with Crippen molar-refractivity contribution >= 4 is 11.6 Å². The molecular weight excluding hydrogens is 248 g/mol. The monoisotopic (exact) mass is 268 g/mol. The quantitative estimate of drug-likeness (QED) is 0.836. The summed E-state index contributed by atoms with van der Waals surface area (Å²) in [5, 5.41) is 2.97. The lowest BCUT2D eigenvalue weighted by molar-refractivity contribution is 0.0940. The van der Waals surface area contributed by atoms with Crippen LogP contribution in [0.5, 0.6) is 0 Å². The van der Waals surface area contributed by atoms with E-state index in [2.05, 4.69) is 12.2 Å². The summed E-state index contributed by atoms with van der Waals surface area (Å²) in [6.07, 6.45) is 0.971. The highest BCUT2D eigenvalue weighted by molar-refractivity contribution is 5.94.